The molecule has 5 heteroatoms. The summed E-state index contributed by atoms with van der Waals surface area (Å²) in [6, 6.07) is 19.8. The molecular weight excluding hydrogens is 350 g/mol. The minimum absolute atomic E-state index is 0.176. The van der Waals surface area contributed by atoms with Crippen molar-refractivity contribution in [1.29, 1.82) is 0 Å². The standard InChI is InChI=1S/C23H25N3O2/c1-25(2)18-12-9-17(10-13-18)22(26-15-5-8-21(26)23(27)28)20-14-11-16-6-3-4-7-19(16)24-20/h3-4,6-7,9-14,21-22H,5,8,15H2,1-2H3,(H,27,28). The van der Waals surface area contributed by atoms with Gasteiger partial charge in [-0.25, -0.2) is 0 Å². The molecule has 0 saturated carbocycles. The molecule has 0 amide bonds. The average molecular weight is 375 g/mol. The summed E-state index contributed by atoms with van der Waals surface area (Å²) in [5.41, 5.74) is 4.01. The first kappa shape index (κ1) is 18.4. The van der Waals surface area contributed by atoms with Gasteiger partial charge in [0, 0.05) is 31.7 Å². The second-order valence-electron chi connectivity index (χ2n) is 7.55. The number of hydrogen-bond donors (Lipinski definition) is 1. The lowest BCUT2D eigenvalue weighted by Gasteiger charge is -2.31. The van der Waals surface area contributed by atoms with Crippen molar-refractivity contribution >= 4 is 22.6 Å². The second kappa shape index (κ2) is 7.60. The van der Waals surface area contributed by atoms with E-state index in [2.05, 4.69) is 40.1 Å². The maximum Gasteiger partial charge on any atom is 0.320 e. The van der Waals surface area contributed by atoms with E-state index in [0.29, 0.717) is 6.42 Å². The molecular formula is C23H25N3O2. The Hall–Kier alpha value is -2.92. The number of carboxylic acid groups (broad SMARTS) is 1. The Balaban J connectivity index is 1.81. The van der Waals surface area contributed by atoms with Crippen LogP contribution >= 0.6 is 0 Å². The summed E-state index contributed by atoms with van der Waals surface area (Å²) >= 11 is 0. The van der Waals surface area contributed by atoms with Gasteiger partial charge in [-0.2, -0.15) is 0 Å². The molecule has 1 N–H and O–H groups in total. The number of fused-ring (bicyclic) bond motifs is 1. The van der Waals surface area contributed by atoms with Crippen LogP contribution in [0, 0.1) is 0 Å². The normalized spacial score (nSPS) is 18.3. The number of pyridine rings is 1. The van der Waals surface area contributed by atoms with Gasteiger partial charge < -0.3 is 10.0 Å². The molecule has 5 nitrogen and oxygen atoms in total. The third-order valence-electron chi connectivity index (χ3n) is 5.54. The van der Waals surface area contributed by atoms with Gasteiger partial charge in [-0.3, -0.25) is 14.7 Å². The third kappa shape index (κ3) is 3.45. The lowest BCUT2D eigenvalue weighted by molar-refractivity contribution is -0.142. The summed E-state index contributed by atoms with van der Waals surface area (Å²) < 4.78 is 0. The molecule has 28 heavy (non-hydrogen) atoms. The summed E-state index contributed by atoms with van der Waals surface area (Å²) in [6.45, 7) is 0.756. The number of benzene rings is 2. The Bertz CT molecular complexity index is 985. The first-order chi connectivity index (χ1) is 13.5. The highest BCUT2D eigenvalue weighted by Crippen LogP contribution is 2.35. The molecule has 3 aromatic rings. The molecule has 0 aliphatic carbocycles. The number of aromatic nitrogens is 1. The van der Waals surface area contributed by atoms with Crippen molar-refractivity contribution in [2.24, 2.45) is 0 Å². The van der Waals surface area contributed by atoms with Crippen LogP contribution in [0.15, 0.2) is 60.7 Å². The Morgan fingerprint density at radius 3 is 2.57 bits per heavy atom. The molecule has 2 heterocycles. The molecule has 0 bridgehead atoms. The zero-order valence-electron chi connectivity index (χ0n) is 16.2. The highest BCUT2D eigenvalue weighted by Gasteiger charge is 2.37. The molecule has 0 radical (unpaired) electrons. The van der Waals surface area contributed by atoms with Crippen LogP contribution in [0.5, 0.6) is 0 Å². The van der Waals surface area contributed by atoms with Crippen LogP contribution in [-0.4, -0.2) is 47.6 Å². The van der Waals surface area contributed by atoms with Crippen LogP contribution in [0.3, 0.4) is 0 Å². The highest BCUT2D eigenvalue weighted by atomic mass is 16.4. The summed E-state index contributed by atoms with van der Waals surface area (Å²) in [5, 5.41) is 10.8. The quantitative estimate of drug-likeness (QED) is 0.732. The van der Waals surface area contributed by atoms with Crippen LogP contribution in [0.2, 0.25) is 0 Å². The average Bonchev–Trinajstić information content (AvgIpc) is 3.18. The Kier molecular flexibility index (Phi) is 5.01. The van der Waals surface area contributed by atoms with E-state index in [1.165, 1.54) is 0 Å². The van der Waals surface area contributed by atoms with Crippen molar-refractivity contribution in [3.8, 4) is 0 Å². The zero-order valence-corrected chi connectivity index (χ0v) is 16.2. The summed E-state index contributed by atoms with van der Waals surface area (Å²) in [5.74, 6) is -0.756. The van der Waals surface area contributed by atoms with Crippen LogP contribution in [0.4, 0.5) is 5.69 Å². The van der Waals surface area contributed by atoms with E-state index in [1.54, 1.807) is 0 Å². The van der Waals surface area contributed by atoms with Crippen LogP contribution in [0.1, 0.15) is 30.1 Å². The molecule has 1 aliphatic rings. The second-order valence-corrected chi connectivity index (χ2v) is 7.55. The molecule has 2 unspecified atom stereocenters. The molecule has 1 aromatic heterocycles. The van der Waals surface area contributed by atoms with E-state index in [9.17, 15) is 9.90 Å². The summed E-state index contributed by atoms with van der Waals surface area (Å²) in [4.78, 5) is 20.9. The van der Waals surface area contributed by atoms with E-state index < -0.39 is 12.0 Å². The third-order valence-corrected chi connectivity index (χ3v) is 5.54. The predicted molar refractivity (Wildman–Crippen MR) is 112 cm³/mol. The minimum atomic E-state index is -0.756. The number of carboxylic acids is 1. The highest BCUT2D eigenvalue weighted by molar-refractivity contribution is 5.78. The molecule has 144 valence electrons. The number of para-hydroxylation sites is 1. The Morgan fingerprint density at radius 2 is 1.86 bits per heavy atom. The van der Waals surface area contributed by atoms with Crippen molar-refractivity contribution in [2.45, 2.75) is 24.9 Å². The molecule has 1 fully saturated rings. The first-order valence-corrected chi connectivity index (χ1v) is 9.66. The molecule has 0 spiro atoms. The maximum absolute atomic E-state index is 11.9. The molecule has 2 atom stereocenters. The van der Waals surface area contributed by atoms with Gasteiger partial charge in [0.25, 0.3) is 0 Å². The van der Waals surface area contributed by atoms with Crippen molar-refractivity contribution in [3.63, 3.8) is 0 Å². The van der Waals surface area contributed by atoms with Gasteiger partial charge in [-0.15, -0.1) is 0 Å². The first-order valence-electron chi connectivity index (χ1n) is 9.66. The number of likely N-dealkylation sites (tertiary alicyclic amines) is 1. The van der Waals surface area contributed by atoms with E-state index in [4.69, 9.17) is 4.98 Å². The van der Waals surface area contributed by atoms with Gasteiger partial charge in [0.15, 0.2) is 0 Å². The van der Waals surface area contributed by atoms with Gasteiger partial charge in [-0.05, 0) is 42.7 Å². The number of aliphatic carboxylic acids is 1. The van der Waals surface area contributed by atoms with Gasteiger partial charge >= 0.3 is 5.97 Å². The van der Waals surface area contributed by atoms with Crippen LogP contribution < -0.4 is 4.90 Å². The lowest BCUT2D eigenvalue weighted by atomic mass is 9.99. The smallest absolute Gasteiger partial charge is 0.320 e. The van der Waals surface area contributed by atoms with Crippen molar-refractivity contribution in [2.75, 3.05) is 25.5 Å². The van der Waals surface area contributed by atoms with Crippen LogP contribution in [0.25, 0.3) is 10.9 Å². The van der Waals surface area contributed by atoms with Gasteiger partial charge in [0.2, 0.25) is 0 Å². The van der Waals surface area contributed by atoms with E-state index in [-0.39, 0.29) is 6.04 Å². The summed E-state index contributed by atoms with van der Waals surface area (Å²) in [6.07, 6.45) is 1.56. The number of hydrogen-bond acceptors (Lipinski definition) is 4. The monoisotopic (exact) mass is 375 g/mol. The fraction of sp³-hybridized carbons (Fsp3) is 0.304. The Morgan fingerprint density at radius 1 is 1.11 bits per heavy atom. The summed E-state index contributed by atoms with van der Waals surface area (Å²) in [7, 11) is 4.02. The van der Waals surface area contributed by atoms with Gasteiger partial charge in [0.05, 0.1) is 17.3 Å². The lowest BCUT2D eigenvalue weighted by Crippen LogP contribution is -2.39. The van der Waals surface area contributed by atoms with Gasteiger partial charge in [0.1, 0.15) is 6.04 Å². The van der Waals surface area contributed by atoms with Crippen LogP contribution in [-0.2, 0) is 4.79 Å². The van der Waals surface area contributed by atoms with E-state index in [0.717, 1.165) is 40.8 Å². The topological polar surface area (TPSA) is 56.7 Å². The Labute approximate surface area is 165 Å². The van der Waals surface area contributed by atoms with Crippen molar-refractivity contribution < 1.29 is 9.90 Å². The van der Waals surface area contributed by atoms with Crippen molar-refractivity contribution in [1.82, 2.24) is 9.88 Å². The van der Waals surface area contributed by atoms with E-state index in [1.807, 2.05) is 44.4 Å². The fourth-order valence-corrected chi connectivity index (χ4v) is 4.08. The molecule has 4 rings (SSSR count). The number of rotatable bonds is 5. The van der Waals surface area contributed by atoms with E-state index >= 15 is 0 Å². The molecule has 2 aromatic carbocycles. The van der Waals surface area contributed by atoms with Gasteiger partial charge in [-0.1, -0.05) is 36.4 Å². The largest absolute Gasteiger partial charge is 0.480 e. The number of nitrogens with zero attached hydrogens (tertiary/aromatic N) is 3. The molecule has 1 aliphatic heterocycles. The zero-order chi connectivity index (χ0) is 19.7. The van der Waals surface area contributed by atoms with Crippen molar-refractivity contribution in [3.05, 3.63) is 71.9 Å². The predicted octanol–water partition coefficient (Wildman–Crippen LogP) is 3.94. The minimum Gasteiger partial charge on any atom is -0.480 e. The maximum atomic E-state index is 11.9. The number of carbonyl (C=O) groups is 1. The SMILES string of the molecule is CN(C)c1ccc(C(c2ccc3ccccc3n2)N2CCCC2C(=O)O)cc1. The fourth-order valence-electron chi connectivity index (χ4n) is 4.08. The molecule has 1 saturated heterocycles. The number of anilines is 1.